The zero-order chi connectivity index (χ0) is 19.6. The molecule has 0 spiro atoms. The van der Waals surface area contributed by atoms with Crippen molar-refractivity contribution in [2.75, 3.05) is 18.9 Å². The van der Waals surface area contributed by atoms with E-state index in [0.29, 0.717) is 18.1 Å². The SMILES string of the molecule is CCOC(=O)c1cnc(S[C@@H](CC)C(=O)NCCc2ccccc2)nc1N. The Morgan fingerprint density at radius 3 is 2.63 bits per heavy atom. The van der Waals surface area contributed by atoms with Gasteiger partial charge in [-0.05, 0) is 25.3 Å². The Balaban J connectivity index is 1.92. The number of hydrogen-bond acceptors (Lipinski definition) is 7. The molecule has 0 aliphatic heterocycles. The summed E-state index contributed by atoms with van der Waals surface area (Å²) in [4.78, 5) is 32.4. The van der Waals surface area contributed by atoms with Crippen molar-refractivity contribution in [2.45, 2.75) is 37.1 Å². The smallest absolute Gasteiger partial charge is 0.343 e. The zero-order valence-electron chi connectivity index (χ0n) is 15.5. The highest BCUT2D eigenvalue weighted by Gasteiger charge is 2.20. The normalized spacial score (nSPS) is 11.6. The van der Waals surface area contributed by atoms with E-state index in [1.54, 1.807) is 6.92 Å². The monoisotopic (exact) mass is 388 g/mol. The van der Waals surface area contributed by atoms with Gasteiger partial charge >= 0.3 is 5.97 Å². The van der Waals surface area contributed by atoms with E-state index >= 15 is 0 Å². The Kier molecular flexibility index (Phi) is 8.06. The van der Waals surface area contributed by atoms with E-state index < -0.39 is 5.97 Å². The zero-order valence-corrected chi connectivity index (χ0v) is 16.3. The maximum Gasteiger partial charge on any atom is 0.343 e. The summed E-state index contributed by atoms with van der Waals surface area (Å²) in [5.41, 5.74) is 7.12. The van der Waals surface area contributed by atoms with Crippen molar-refractivity contribution in [3.05, 3.63) is 47.7 Å². The molecule has 1 aromatic carbocycles. The largest absolute Gasteiger partial charge is 0.462 e. The highest BCUT2D eigenvalue weighted by molar-refractivity contribution is 8.00. The van der Waals surface area contributed by atoms with E-state index in [1.807, 2.05) is 37.3 Å². The quantitative estimate of drug-likeness (QED) is 0.386. The first kappa shape index (κ1) is 20.7. The van der Waals surface area contributed by atoms with Crippen LogP contribution >= 0.6 is 11.8 Å². The van der Waals surface area contributed by atoms with Crippen molar-refractivity contribution < 1.29 is 14.3 Å². The van der Waals surface area contributed by atoms with Gasteiger partial charge in [-0.15, -0.1) is 0 Å². The summed E-state index contributed by atoms with van der Waals surface area (Å²) in [5, 5.41) is 2.96. The van der Waals surface area contributed by atoms with Gasteiger partial charge < -0.3 is 15.8 Å². The first-order valence-electron chi connectivity index (χ1n) is 8.83. The molecule has 0 saturated heterocycles. The molecule has 1 heterocycles. The van der Waals surface area contributed by atoms with Crippen LogP contribution in [0.1, 0.15) is 36.2 Å². The number of anilines is 1. The predicted molar refractivity (Wildman–Crippen MR) is 105 cm³/mol. The van der Waals surface area contributed by atoms with Crippen LogP contribution in [0.2, 0.25) is 0 Å². The summed E-state index contributed by atoms with van der Waals surface area (Å²) in [6, 6.07) is 9.97. The van der Waals surface area contributed by atoms with Crippen molar-refractivity contribution in [3.8, 4) is 0 Å². The third-order valence-corrected chi connectivity index (χ3v) is 5.00. The molecular weight excluding hydrogens is 364 g/mol. The lowest BCUT2D eigenvalue weighted by Crippen LogP contribution is -2.33. The second kappa shape index (κ2) is 10.5. The van der Waals surface area contributed by atoms with E-state index in [0.717, 1.165) is 6.42 Å². The van der Waals surface area contributed by atoms with Gasteiger partial charge in [0.1, 0.15) is 11.4 Å². The highest BCUT2D eigenvalue weighted by atomic mass is 32.2. The van der Waals surface area contributed by atoms with Crippen molar-refractivity contribution in [3.63, 3.8) is 0 Å². The standard InChI is InChI=1S/C19H24N4O3S/c1-3-15(17(24)21-11-10-13-8-6-5-7-9-13)27-19-22-12-14(16(20)23-19)18(25)26-4-2/h5-9,12,15H,3-4,10-11H2,1-2H3,(H,21,24)(H2,20,22,23)/t15-/m0/s1. The number of rotatable bonds is 9. The van der Waals surface area contributed by atoms with Gasteiger partial charge in [0.25, 0.3) is 0 Å². The molecule has 0 saturated carbocycles. The van der Waals surface area contributed by atoms with E-state index in [2.05, 4.69) is 15.3 Å². The summed E-state index contributed by atoms with van der Waals surface area (Å²) in [6.07, 6.45) is 2.72. The molecule has 8 heteroatoms. The number of aromatic nitrogens is 2. The van der Waals surface area contributed by atoms with Gasteiger partial charge in [0, 0.05) is 12.7 Å². The molecule has 3 N–H and O–H groups in total. The van der Waals surface area contributed by atoms with E-state index in [9.17, 15) is 9.59 Å². The van der Waals surface area contributed by atoms with Crippen LogP contribution in [0, 0.1) is 0 Å². The maximum atomic E-state index is 12.4. The minimum Gasteiger partial charge on any atom is -0.462 e. The fourth-order valence-corrected chi connectivity index (χ4v) is 3.22. The number of carbonyl (C=O) groups excluding carboxylic acids is 2. The average molecular weight is 388 g/mol. The van der Waals surface area contributed by atoms with Gasteiger partial charge in [-0.3, -0.25) is 4.79 Å². The minimum atomic E-state index is -0.558. The molecule has 7 nitrogen and oxygen atoms in total. The Labute approximate surface area is 163 Å². The summed E-state index contributed by atoms with van der Waals surface area (Å²) < 4.78 is 4.90. The molecule has 1 amide bonds. The van der Waals surface area contributed by atoms with E-state index in [1.165, 1.54) is 23.5 Å². The highest BCUT2D eigenvalue weighted by Crippen LogP contribution is 2.24. The van der Waals surface area contributed by atoms with Gasteiger partial charge in [-0.2, -0.15) is 0 Å². The fraction of sp³-hybridized carbons (Fsp3) is 0.368. The minimum absolute atomic E-state index is 0.0466. The predicted octanol–water partition coefficient (Wildman–Crippen LogP) is 2.47. The number of hydrogen-bond donors (Lipinski definition) is 2. The third-order valence-electron chi connectivity index (χ3n) is 3.76. The number of benzene rings is 1. The number of nitrogens with zero attached hydrogens (tertiary/aromatic N) is 2. The molecule has 1 aromatic heterocycles. The molecule has 0 fully saturated rings. The van der Waals surface area contributed by atoms with E-state index in [4.69, 9.17) is 10.5 Å². The van der Waals surface area contributed by atoms with Gasteiger partial charge in [-0.1, -0.05) is 49.0 Å². The Hall–Kier alpha value is -2.61. The molecule has 144 valence electrons. The molecule has 0 radical (unpaired) electrons. The number of thioether (sulfide) groups is 1. The van der Waals surface area contributed by atoms with Gasteiger partial charge in [0.15, 0.2) is 5.16 Å². The van der Waals surface area contributed by atoms with Crippen molar-refractivity contribution in [1.29, 1.82) is 0 Å². The van der Waals surface area contributed by atoms with Gasteiger partial charge in [0.05, 0.1) is 11.9 Å². The van der Waals surface area contributed by atoms with Crippen LogP contribution in [0.25, 0.3) is 0 Å². The number of nitrogens with two attached hydrogens (primary N) is 1. The summed E-state index contributed by atoms with van der Waals surface area (Å²) in [6.45, 7) is 4.44. The van der Waals surface area contributed by atoms with Crippen LogP contribution in [0.4, 0.5) is 5.82 Å². The van der Waals surface area contributed by atoms with Crippen LogP contribution in [0.15, 0.2) is 41.7 Å². The Bertz CT molecular complexity index is 771. The molecule has 0 aliphatic carbocycles. The Morgan fingerprint density at radius 1 is 1.26 bits per heavy atom. The molecule has 0 aliphatic rings. The van der Waals surface area contributed by atoms with E-state index in [-0.39, 0.29) is 29.1 Å². The lowest BCUT2D eigenvalue weighted by atomic mass is 10.1. The first-order chi connectivity index (χ1) is 13.0. The van der Waals surface area contributed by atoms with Crippen LogP contribution in [0.3, 0.4) is 0 Å². The average Bonchev–Trinajstić information content (AvgIpc) is 2.67. The summed E-state index contributed by atoms with van der Waals surface area (Å²) >= 11 is 1.22. The van der Waals surface area contributed by atoms with Crippen LogP contribution in [-0.2, 0) is 16.0 Å². The second-order valence-corrected chi connectivity index (χ2v) is 6.88. The lowest BCUT2D eigenvalue weighted by Gasteiger charge is -2.14. The van der Waals surface area contributed by atoms with Gasteiger partial charge in [0.2, 0.25) is 5.91 Å². The molecular formula is C19H24N4O3S. The van der Waals surface area contributed by atoms with Crippen molar-refractivity contribution in [2.24, 2.45) is 0 Å². The Morgan fingerprint density at radius 2 is 2.00 bits per heavy atom. The maximum absolute atomic E-state index is 12.4. The molecule has 2 aromatic rings. The number of nitrogen functional groups attached to an aromatic ring is 1. The molecule has 0 bridgehead atoms. The van der Waals surface area contributed by atoms with Crippen molar-refractivity contribution >= 4 is 29.5 Å². The second-order valence-electron chi connectivity index (χ2n) is 5.71. The van der Waals surface area contributed by atoms with Crippen LogP contribution < -0.4 is 11.1 Å². The fourth-order valence-electron chi connectivity index (χ4n) is 2.34. The van der Waals surface area contributed by atoms with Crippen LogP contribution in [0.5, 0.6) is 0 Å². The lowest BCUT2D eigenvalue weighted by molar-refractivity contribution is -0.120. The molecule has 27 heavy (non-hydrogen) atoms. The third kappa shape index (κ3) is 6.25. The topological polar surface area (TPSA) is 107 Å². The summed E-state index contributed by atoms with van der Waals surface area (Å²) in [7, 11) is 0. The molecule has 2 rings (SSSR count). The van der Waals surface area contributed by atoms with Gasteiger partial charge in [-0.25, -0.2) is 14.8 Å². The molecule has 0 unspecified atom stereocenters. The van der Waals surface area contributed by atoms with Crippen LogP contribution in [-0.4, -0.2) is 40.2 Å². The summed E-state index contributed by atoms with van der Waals surface area (Å²) in [5.74, 6) is -0.586. The number of amides is 1. The first-order valence-corrected chi connectivity index (χ1v) is 9.71. The molecule has 1 atom stereocenters. The number of esters is 1. The number of carbonyl (C=O) groups is 2. The van der Waals surface area contributed by atoms with Crippen molar-refractivity contribution in [1.82, 2.24) is 15.3 Å². The number of ether oxygens (including phenoxy) is 1. The number of nitrogens with one attached hydrogen (secondary N) is 1.